The Morgan fingerprint density at radius 1 is 1.09 bits per heavy atom. The van der Waals surface area contributed by atoms with Crippen molar-refractivity contribution in [3.05, 3.63) is 69.7 Å². The number of ether oxygens (including phenoxy) is 2. The number of methoxy groups -OCH3 is 1. The standard InChI is InChI=1S/C23H26ClN5O3S/c1-26-21(15-32-20-6-4-3-5-19(20)24)25-29(23(26)33)16-27-11-13-28(14-12-27)22(30)17-7-9-18(31-2)10-8-17/h3-10H,11-16H2,1-2H3. The molecule has 8 nitrogen and oxygen atoms in total. The first-order chi connectivity index (χ1) is 16.0. The lowest BCUT2D eigenvalue weighted by atomic mass is 10.1. The number of piperazine rings is 1. The van der Waals surface area contributed by atoms with Crippen LogP contribution in [-0.4, -0.2) is 63.3 Å². The van der Waals surface area contributed by atoms with E-state index in [0.29, 0.717) is 46.7 Å². The molecule has 0 unspecified atom stereocenters. The van der Waals surface area contributed by atoms with Crippen molar-refractivity contribution < 1.29 is 14.3 Å². The van der Waals surface area contributed by atoms with Crippen LogP contribution in [0.5, 0.6) is 11.5 Å². The van der Waals surface area contributed by atoms with E-state index in [0.717, 1.165) is 18.8 Å². The molecule has 0 N–H and O–H groups in total. The molecule has 0 saturated carbocycles. The maximum Gasteiger partial charge on any atom is 0.253 e. The molecule has 0 spiro atoms. The lowest BCUT2D eigenvalue weighted by molar-refractivity contribution is 0.0584. The predicted molar refractivity (Wildman–Crippen MR) is 128 cm³/mol. The fraction of sp³-hybridized carbons (Fsp3) is 0.348. The Hall–Kier alpha value is -2.88. The highest BCUT2D eigenvalue weighted by molar-refractivity contribution is 7.71. The van der Waals surface area contributed by atoms with Crippen molar-refractivity contribution in [1.82, 2.24) is 24.1 Å². The number of hydrogen-bond donors (Lipinski definition) is 0. The summed E-state index contributed by atoms with van der Waals surface area (Å²) in [6.45, 7) is 3.60. The van der Waals surface area contributed by atoms with Crippen molar-refractivity contribution in [2.75, 3.05) is 33.3 Å². The van der Waals surface area contributed by atoms with E-state index < -0.39 is 0 Å². The van der Waals surface area contributed by atoms with Gasteiger partial charge in [-0.15, -0.1) is 0 Å². The molecule has 0 bridgehead atoms. The molecule has 1 aliphatic rings. The Balaban J connectivity index is 1.33. The molecule has 0 radical (unpaired) electrons. The minimum atomic E-state index is 0.0331. The van der Waals surface area contributed by atoms with Crippen LogP contribution in [0, 0.1) is 4.77 Å². The van der Waals surface area contributed by atoms with Crippen LogP contribution >= 0.6 is 23.8 Å². The largest absolute Gasteiger partial charge is 0.497 e. The number of para-hydroxylation sites is 1. The van der Waals surface area contributed by atoms with Crippen molar-refractivity contribution in [2.24, 2.45) is 7.05 Å². The van der Waals surface area contributed by atoms with Gasteiger partial charge in [0, 0.05) is 38.8 Å². The molecule has 1 aromatic heterocycles. The number of nitrogens with zero attached hydrogens (tertiary/aromatic N) is 5. The van der Waals surface area contributed by atoms with Crippen LogP contribution in [0.3, 0.4) is 0 Å². The summed E-state index contributed by atoms with van der Waals surface area (Å²) in [5.41, 5.74) is 0.666. The highest BCUT2D eigenvalue weighted by Gasteiger charge is 2.23. The van der Waals surface area contributed by atoms with Crippen LogP contribution < -0.4 is 9.47 Å². The molecule has 0 atom stereocenters. The van der Waals surface area contributed by atoms with Crippen molar-refractivity contribution in [3.8, 4) is 11.5 Å². The molecule has 1 saturated heterocycles. The molecule has 1 amide bonds. The normalized spacial score (nSPS) is 14.3. The number of halogens is 1. The van der Waals surface area contributed by atoms with E-state index in [4.69, 9.17) is 33.3 Å². The third-order valence-electron chi connectivity index (χ3n) is 5.65. The lowest BCUT2D eigenvalue weighted by Crippen LogP contribution is -2.49. The Labute approximate surface area is 202 Å². The number of amides is 1. The van der Waals surface area contributed by atoms with E-state index in [1.165, 1.54) is 0 Å². The van der Waals surface area contributed by atoms with Crippen molar-refractivity contribution in [1.29, 1.82) is 0 Å². The van der Waals surface area contributed by atoms with Gasteiger partial charge in [-0.05, 0) is 48.6 Å². The van der Waals surface area contributed by atoms with Crippen LogP contribution in [0.4, 0.5) is 0 Å². The van der Waals surface area contributed by atoms with Crippen LogP contribution in [0.15, 0.2) is 48.5 Å². The second-order valence-electron chi connectivity index (χ2n) is 7.76. The molecule has 174 valence electrons. The van der Waals surface area contributed by atoms with Crippen LogP contribution in [0.25, 0.3) is 0 Å². The average molecular weight is 488 g/mol. The van der Waals surface area contributed by atoms with Crippen LogP contribution in [0.2, 0.25) is 5.02 Å². The molecule has 33 heavy (non-hydrogen) atoms. The summed E-state index contributed by atoms with van der Waals surface area (Å²) in [5, 5.41) is 5.20. The fourth-order valence-corrected chi connectivity index (χ4v) is 4.05. The molecule has 4 rings (SSSR count). The van der Waals surface area contributed by atoms with E-state index in [-0.39, 0.29) is 12.5 Å². The summed E-state index contributed by atoms with van der Waals surface area (Å²) in [6.07, 6.45) is 0. The Kier molecular flexibility index (Phi) is 7.32. The summed E-state index contributed by atoms with van der Waals surface area (Å²) in [7, 11) is 3.49. The van der Waals surface area contributed by atoms with Crippen molar-refractivity contribution in [3.63, 3.8) is 0 Å². The molecule has 1 aliphatic heterocycles. The second kappa shape index (κ2) is 10.4. The zero-order valence-corrected chi connectivity index (χ0v) is 20.2. The number of benzene rings is 2. The highest BCUT2D eigenvalue weighted by atomic mass is 35.5. The second-order valence-corrected chi connectivity index (χ2v) is 8.53. The first-order valence-electron chi connectivity index (χ1n) is 10.6. The van der Waals surface area contributed by atoms with Crippen LogP contribution in [-0.2, 0) is 20.3 Å². The maximum atomic E-state index is 12.8. The molecular weight excluding hydrogens is 462 g/mol. The van der Waals surface area contributed by atoms with Gasteiger partial charge in [-0.2, -0.15) is 5.10 Å². The zero-order valence-electron chi connectivity index (χ0n) is 18.6. The Bertz CT molecular complexity index is 1170. The fourth-order valence-electron chi connectivity index (χ4n) is 3.65. The third-order valence-corrected chi connectivity index (χ3v) is 6.45. The quantitative estimate of drug-likeness (QED) is 0.474. The van der Waals surface area contributed by atoms with Gasteiger partial charge in [0.1, 0.15) is 18.1 Å². The molecule has 3 aromatic rings. The van der Waals surface area contributed by atoms with E-state index in [9.17, 15) is 4.79 Å². The number of hydrogen-bond acceptors (Lipinski definition) is 6. The van der Waals surface area contributed by atoms with Gasteiger partial charge in [-0.3, -0.25) is 9.69 Å². The molecule has 10 heteroatoms. The van der Waals surface area contributed by atoms with Gasteiger partial charge in [0.2, 0.25) is 0 Å². The number of carbonyl (C=O) groups excluding carboxylic acids is 1. The monoisotopic (exact) mass is 487 g/mol. The summed E-state index contributed by atoms with van der Waals surface area (Å²) < 4.78 is 15.2. The SMILES string of the molecule is COc1ccc(C(=O)N2CCN(Cn3nc(COc4ccccc4Cl)n(C)c3=S)CC2)cc1. The minimum Gasteiger partial charge on any atom is -0.497 e. The number of rotatable bonds is 7. The third kappa shape index (κ3) is 5.38. The van der Waals surface area contributed by atoms with Gasteiger partial charge in [-0.25, -0.2) is 4.68 Å². The molecule has 1 fully saturated rings. The molecule has 2 heterocycles. The van der Waals surface area contributed by atoms with Gasteiger partial charge in [0.05, 0.1) is 18.8 Å². The van der Waals surface area contributed by atoms with Crippen molar-refractivity contribution >= 4 is 29.7 Å². The lowest BCUT2D eigenvalue weighted by Gasteiger charge is -2.34. The molecule has 2 aromatic carbocycles. The van der Waals surface area contributed by atoms with E-state index >= 15 is 0 Å². The minimum absolute atomic E-state index is 0.0331. The van der Waals surface area contributed by atoms with E-state index in [2.05, 4.69) is 10.00 Å². The summed E-state index contributed by atoms with van der Waals surface area (Å²) in [4.78, 5) is 16.9. The summed E-state index contributed by atoms with van der Waals surface area (Å²) in [5.74, 6) is 2.09. The van der Waals surface area contributed by atoms with E-state index in [1.54, 1.807) is 42.1 Å². The van der Waals surface area contributed by atoms with Gasteiger partial charge < -0.3 is 18.9 Å². The van der Waals surface area contributed by atoms with Crippen LogP contribution in [0.1, 0.15) is 16.2 Å². The highest BCUT2D eigenvalue weighted by Crippen LogP contribution is 2.24. The van der Waals surface area contributed by atoms with Gasteiger partial charge in [0.15, 0.2) is 10.6 Å². The topological polar surface area (TPSA) is 64.8 Å². The van der Waals surface area contributed by atoms with Gasteiger partial charge in [0.25, 0.3) is 5.91 Å². The maximum absolute atomic E-state index is 12.8. The average Bonchev–Trinajstić information content (AvgIpc) is 3.11. The smallest absolute Gasteiger partial charge is 0.253 e. The zero-order chi connectivity index (χ0) is 23.4. The summed E-state index contributed by atoms with van der Waals surface area (Å²) in [6, 6.07) is 14.5. The predicted octanol–water partition coefficient (Wildman–Crippen LogP) is 3.61. The number of carbonyl (C=O) groups is 1. The summed E-state index contributed by atoms with van der Waals surface area (Å²) >= 11 is 11.7. The van der Waals surface area contributed by atoms with Crippen molar-refractivity contribution in [2.45, 2.75) is 13.3 Å². The first kappa shape index (κ1) is 23.3. The van der Waals surface area contributed by atoms with Gasteiger partial charge >= 0.3 is 0 Å². The Morgan fingerprint density at radius 3 is 2.45 bits per heavy atom. The van der Waals surface area contributed by atoms with E-state index in [1.807, 2.05) is 34.7 Å². The number of aromatic nitrogens is 3. The molecule has 0 aliphatic carbocycles. The molecular formula is C23H26ClN5O3S. The Morgan fingerprint density at radius 2 is 1.79 bits per heavy atom. The van der Waals surface area contributed by atoms with Gasteiger partial charge in [-0.1, -0.05) is 23.7 Å². The first-order valence-corrected chi connectivity index (χ1v) is 11.4.